The van der Waals surface area contributed by atoms with Crippen molar-refractivity contribution in [2.75, 3.05) is 20.3 Å². The van der Waals surface area contributed by atoms with E-state index in [4.69, 9.17) is 4.74 Å². The van der Waals surface area contributed by atoms with Crippen LogP contribution >= 0.6 is 0 Å². The average Bonchev–Trinajstić information content (AvgIpc) is 2.17. The molecule has 0 aromatic carbocycles. The standard InChI is InChI=1S/C9H19NO3S/c1-8(2)14(11,12)10(3)9-4-6-13-7-5-9/h8-9H,4-7H2,1-3H3. The van der Waals surface area contributed by atoms with E-state index in [1.165, 1.54) is 4.31 Å². The summed E-state index contributed by atoms with van der Waals surface area (Å²) in [6.45, 7) is 4.77. The number of rotatable bonds is 3. The highest BCUT2D eigenvalue weighted by molar-refractivity contribution is 7.89. The smallest absolute Gasteiger partial charge is 0.216 e. The maximum absolute atomic E-state index is 11.8. The van der Waals surface area contributed by atoms with E-state index < -0.39 is 10.0 Å². The van der Waals surface area contributed by atoms with Crippen LogP contribution in [0, 0.1) is 0 Å². The van der Waals surface area contributed by atoms with E-state index in [-0.39, 0.29) is 11.3 Å². The molecule has 5 heteroatoms. The molecule has 84 valence electrons. The molecule has 1 heterocycles. The molecule has 0 aromatic rings. The van der Waals surface area contributed by atoms with Crippen LogP contribution in [0.1, 0.15) is 26.7 Å². The summed E-state index contributed by atoms with van der Waals surface area (Å²) in [6.07, 6.45) is 1.62. The number of sulfonamides is 1. The highest BCUT2D eigenvalue weighted by Gasteiger charge is 2.29. The topological polar surface area (TPSA) is 46.6 Å². The fraction of sp³-hybridized carbons (Fsp3) is 1.00. The van der Waals surface area contributed by atoms with Crippen molar-refractivity contribution < 1.29 is 13.2 Å². The quantitative estimate of drug-likeness (QED) is 0.709. The summed E-state index contributed by atoms with van der Waals surface area (Å²) in [4.78, 5) is 0. The van der Waals surface area contributed by atoms with Gasteiger partial charge in [0.15, 0.2) is 0 Å². The first-order chi connectivity index (χ1) is 6.46. The summed E-state index contributed by atoms with van der Waals surface area (Å²) in [5, 5.41) is -0.338. The van der Waals surface area contributed by atoms with E-state index >= 15 is 0 Å². The van der Waals surface area contributed by atoms with Gasteiger partial charge in [-0.3, -0.25) is 0 Å². The van der Waals surface area contributed by atoms with Gasteiger partial charge in [-0.2, -0.15) is 0 Å². The lowest BCUT2D eigenvalue weighted by Gasteiger charge is -2.31. The SMILES string of the molecule is CC(C)S(=O)(=O)N(C)C1CCOCC1. The van der Waals surface area contributed by atoms with Gasteiger partial charge in [0.25, 0.3) is 0 Å². The minimum absolute atomic E-state index is 0.121. The third kappa shape index (κ3) is 2.46. The van der Waals surface area contributed by atoms with Crippen LogP contribution in [-0.2, 0) is 14.8 Å². The molecule has 0 atom stereocenters. The first-order valence-electron chi connectivity index (χ1n) is 5.01. The van der Waals surface area contributed by atoms with Crippen molar-refractivity contribution in [3.05, 3.63) is 0 Å². The Kier molecular flexibility index (Phi) is 3.92. The summed E-state index contributed by atoms with van der Waals surface area (Å²) >= 11 is 0. The van der Waals surface area contributed by atoms with Crippen LogP contribution in [0.25, 0.3) is 0 Å². The van der Waals surface area contributed by atoms with Crippen molar-refractivity contribution in [1.82, 2.24) is 4.31 Å². The molecule has 1 rings (SSSR count). The minimum atomic E-state index is -3.10. The Morgan fingerprint density at radius 2 is 1.79 bits per heavy atom. The van der Waals surface area contributed by atoms with Crippen LogP contribution in [-0.4, -0.2) is 44.3 Å². The lowest BCUT2D eigenvalue weighted by Crippen LogP contribution is -2.43. The van der Waals surface area contributed by atoms with Gasteiger partial charge in [0, 0.05) is 26.3 Å². The third-order valence-electron chi connectivity index (χ3n) is 2.70. The maximum atomic E-state index is 11.8. The van der Waals surface area contributed by atoms with Gasteiger partial charge in [0.2, 0.25) is 10.0 Å². The normalized spacial score (nSPS) is 20.6. The summed E-state index contributed by atoms with van der Waals surface area (Å²) < 4.78 is 30.3. The fourth-order valence-corrected chi connectivity index (χ4v) is 2.88. The summed E-state index contributed by atoms with van der Waals surface area (Å²) in [5.41, 5.74) is 0. The molecule has 0 unspecified atom stereocenters. The third-order valence-corrected chi connectivity index (χ3v) is 4.99. The van der Waals surface area contributed by atoms with E-state index in [1.807, 2.05) is 0 Å². The van der Waals surface area contributed by atoms with Gasteiger partial charge in [0.1, 0.15) is 0 Å². The Hall–Kier alpha value is -0.130. The average molecular weight is 221 g/mol. The Labute approximate surface area is 86.3 Å². The molecule has 0 saturated carbocycles. The molecule has 0 aromatic heterocycles. The van der Waals surface area contributed by atoms with Crippen molar-refractivity contribution in [3.63, 3.8) is 0 Å². The van der Waals surface area contributed by atoms with E-state index in [2.05, 4.69) is 0 Å². The van der Waals surface area contributed by atoms with Crippen LogP contribution in [0.5, 0.6) is 0 Å². The lowest BCUT2D eigenvalue weighted by atomic mass is 10.1. The number of ether oxygens (including phenoxy) is 1. The minimum Gasteiger partial charge on any atom is -0.381 e. The van der Waals surface area contributed by atoms with Crippen molar-refractivity contribution in [1.29, 1.82) is 0 Å². The molecule has 0 radical (unpaired) electrons. The van der Waals surface area contributed by atoms with Gasteiger partial charge in [-0.05, 0) is 26.7 Å². The monoisotopic (exact) mass is 221 g/mol. The van der Waals surface area contributed by atoms with Gasteiger partial charge in [-0.25, -0.2) is 12.7 Å². The predicted molar refractivity (Wildman–Crippen MR) is 55.7 cm³/mol. The van der Waals surface area contributed by atoms with E-state index in [0.717, 1.165) is 12.8 Å². The number of hydrogen-bond donors (Lipinski definition) is 0. The molecular weight excluding hydrogens is 202 g/mol. The van der Waals surface area contributed by atoms with E-state index in [0.29, 0.717) is 13.2 Å². The summed E-state index contributed by atoms with van der Waals surface area (Å²) in [5.74, 6) is 0. The van der Waals surface area contributed by atoms with Crippen molar-refractivity contribution in [3.8, 4) is 0 Å². The van der Waals surface area contributed by atoms with Crippen LogP contribution < -0.4 is 0 Å². The number of nitrogens with zero attached hydrogens (tertiary/aromatic N) is 1. The molecule has 14 heavy (non-hydrogen) atoms. The van der Waals surface area contributed by atoms with Gasteiger partial charge < -0.3 is 4.74 Å². The zero-order valence-electron chi connectivity index (χ0n) is 9.06. The van der Waals surface area contributed by atoms with Crippen LogP contribution in [0.2, 0.25) is 0 Å². The zero-order chi connectivity index (χ0) is 10.8. The molecule has 0 bridgehead atoms. The predicted octanol–water partition coefficient (Wildman–Crippen LogP) is 0.835. The molecule has 4 nitrogen and oxygen atoms in total. The zero-order valence-corrected chi connectivity index (χ0v) is 9.88. The molecule has 0 amide bonds. The second-order valence-electron chi connectivity index (χ2n) is 3.95. The van der Waals surface area contributed by atoms with Crippen molar-refractivity contribution in [2.45, 2.75) is 38.0 Å². The largest absolute Gasteiger partial charge is 0.381 e. The Morgan fingerprint density at radius 3 is 2.21 bits per heavy atom. The highest BCUT2D eigenvalue weighted by atomic mass is 32.2. The maximum Gasteiger partial charge on any atom is 0.216 e. The first kappa shape index (κ1) is 11.9. The van der Waals surface area contributed by atoms with Crippen molar-refractivity contribution in [2.24, 2.45) is 0 Å². The van der Waals surface area contributed by atoms with Gasteiger partial charge in [-0.15, -0.1) is 0 Å². The second-order valence-corrected chi connectivity index (χ2v) is 6.50. The molecular formula is C9H19NO3S. The molecule has 0 N–H and O–H groups in total. The first-order valence-corrected chi connectivity index (χ1v) is 6.51. The van der Waals surface area contributed by atoms with E-state index in [9.17, 15) is 8.42 Å². The summed E-state index contributed by atoms with van der Waals surface area (Å²) in [7, 11) is -1.43. The Morgan fingerprint density at radius 1 is 1.29 bits per heavy atom. The molecule has 1 saturated heterocycles. The fourth-order valence-electron chi connectivity index (χ4n) is 1.59. The second kappa shape index (κ2) is 4.59. The van der Waals surface area contributed by atoms with Gasteiger partial charge in [0.05, 0.1) is 5.25 Å². The molecule has 1 aliphatic rings. The molecule has 0 spiro atoms. The number of hydrogen-bond acceptors (Lipinski definition) is 3. The van der Waals surface area contributed by atoms with Gasteiger partial charge in [-0.1, -0.05) is 0 Å². The molecule has 0 aliphatic carbocycles. The molecule has 1 aliphatic heterocycles. The Balaban J connectivity index is 2.68. The molecule has 1 fully saturated rings. The summed E-state index contributed by atoms with van der Waals surface area (Å²) in [6, 6.07) is 0.121. The lowest BCUT2D eigenvalue weighted by molar-refractivity contribution is 0.0630. The van der Waals surface area contributed by atoms with E-state index in [1.54, 1.807) is 20.9 Å². The van der Waals surface area contributed by atoms with Crippen LogP contribution in [0.3, 0.4) is 0 Å². The van der Waals surface area contributed by atoms with Crippen LogP contribution in [0.15, 0.2) is 0 Å². The van der Waals surface area contributed by atoms with Crippen molar-refractivity contribution >= 4 is 10.0 Å². The van der Waals surface area contributed by atoms with Crippen LogP contribution in [0.4, 0.5) is 0 Å². The van der Waals surface area contributed by atoms with Gasteiger partial charge >= 0.3 is 0 Å². The highest BCUT2D eigenvalue weighted by Crippen LogP contribution is 2.18. The Bertz CT molecular complexity index is 268.